The van der Waals surface area contributed by atoms with Gasteiger partial charge in [-0.15, -0.1) is 0 Å². The van der Waals surface area contributed by atoms with Crippen molar-refractivity contribution in [2.45, 2.75) is 32.6 Å². The summed E-state index contributed by atoms with van der Waals surface area (Å²) in [6.07, 6.45) is 5.67. The fourth-order valence-electron chi connectivity index (χ4n) is 2.49. The van der Waals surface area contributed by atoms with Crippen molar-refractivity contribution in [3.63, 3.8) is 0 Å². The van der Waals surface area contributed by atoms with Crippen molar-refractivity contribution in [2.24, 2.45) is 0 Å². The van der Waals surface area contributed by atoms with Crippen LogP contribution in [0.3, 0.4) is 0 Å². The van der Waals surface area contributed by atoms with Gasteiger partial charge in [-0.3, -0.25) is 0 Å². The third-order valence-electron chi connectivity index (χ3n) is 3.51. The summed E-state index contributed by atoms with van der Waals surface area (Å²) in [6, 6.07) is 4.08. The number of carbonyl (C=O) groups is 1. The molecule has 138 valence electrons. The largest absolute Gasteiger partial charge is 0 e. The maximum Gasteiger partial charge on any atom is 0 e. The standard InChI is InChI=1S/C16H20O3.3CO.Cr/c1-11(17)7-8-12-5-4-6-13-9-15(18-2)16(19-3)10-14(12)13;3*1-2;/h5,9-10H,4,6-8H2,1-3H3;;;;. The van der Waals surface area contributed by atoms with Crippen LogP contribution in [-0.2, 0) is 42.5 Å². The molecule has 1 aromatic carbocycles. The van der Waals surface area contributed by atoms with Crippen LogP contribution >= 0.6 is 0 Å². The average Bonchev–Trinajstić information content (AvgIpc) is 2.69. The van der Waals surface area contributed by atoms with Crippen LogP contribution in [0.15, 0.2) is 18.2 Å². The van der Waals surface area contributed by atoms with Crippen molar-refractivity contribution in [2.75, 3.05) is 14.2 Å². The molecule has 0 atom stereocenters. The smallest absolute Gasteiger partial charge is 0 e. The summed E-state index contributed by atoms with van der Waals surface area (Å²) >= 11 is 0. The Morgan fingerprint density at radius 2 is 1.54 bits per heavy atom. The van der Waals surface area contributed by atoms with Gasteiger partial charge in [-0.25, -0.2) is 0 Å². The van der Waals surface area contributed by atoms with Gasteiger partial charge in [-0.05, 0) is 55.0 Å². The molecule has 0 saturated carbocycles. The van der Waals surface area contributed by atoms with Crippen LogP contribution in [0, 0.1) is 20.0 Å². The molecule has 0 aliphatic heterocycles. The molecular weight excluding hydrogens is 376 g/mol. The summed E-state index contributed by atoms with van der Waals surface area (Å²) in [4.78, 5) is 11.2. The first kappa shape index (κ1) is 28.8. The molecule has 0 N–H and O–H groups in total. The zero-order chi connectivity index (χ0) is 19.8. The Morgan fingerprint density at radius 1 is 1.04 bits per heavy atom. The minimum atomic E-state index is 0. The Labute approximate surface area is 164 Å². The third kappa shape index (κ3) is 8.90. The van der Waals surface area contributed by atoms with Crippen LogP contribution in [0.2, 0.25) is 0 Å². The van der Waals surface area contributed by atoms with Gasteiger partial charge < -0.3 is 14.3 Å². The van der Waals surface area contributed by atoms with E-state index in [2.05, 4.69) is 32.1 Å². The fraction of sp³-hybridized carbons (Fsp3) is 0.368. The van der Waals surface area contributed by atoms with E-state index in [1.807, 2.05) is 6.07 Å². The van der Waals surface area contributed by atoms with Gasteiger partial charge >= 0.3 is 33.9 Å². The van der Waals surface area contributed by atoms with E-state index in [-0.39, 0.29) is 23.1 Å². The molecule has 0 radical (unpaired) electrons. The topological polar surface area (TPSA) is 95.2 Å². The number of fused-ring (bicyclic) bond motifs is 1. The van der Waals surface area contributed by atoms with E-state index in [0.29, 0.717) is 6.42 Å². The number of carbonyl (C=O) groups excluding carboxylic acids is 1. The second-order valence-corrected chi connectivity index (χ2v) is 4.83. The molecule has 0 aromatic heterocycles. The first-order valence-electron chi connectivity index (χ1n) is 7.20. The van der Waals surface area contributed by atoms with Crippen LogP contribution in [0.25, 0.3) is 5.57 Å². The summed E-state index contributed by atoms with van der Waals surface area (Å²) in [5.41, 5.74) is 3.72. The quantitative estimate of drug-likeness (QED) is 0.564. The monoisotopic (exact) mass is 396 g/mol. The van der Waals surface area contributed by atoms with E-state index in [0.717, 1.165) is 30.8 Å². The molecule has 6 nitrogen and oxygen atoms in total. The van der Waals surface area contributed by atoms with Gasteiger partial charge in [-0.1, -0.05) is 6.08 Å². The predicted molar refractivity (Wildman–Crippen MR) is 87.5 cm³/mol. The molecule has 0 spiro atoms. The van der Waals surface area contributed by atoms with Crippen LogP contribution in [-0.4, -0.2) is 20.0 Å². The van der Waals surface area contributed by atoms with Gasteiger partial charge in [0, 0.05) is 23.8 Å². The number of aryl methyl sites for hydroxylation is 1. The number of hydrogen-bond donors (Lipinski definition) is 0. The second kappa shape index (κ2) is 17.8. The van der Waals surface area contributed by atoms with E-state index < -0.39 is 0 Å². The molecule has 1 aliphatic rings. The number of benzene rings is 1. The van der Waals surface area contributed by atoms with Gasteiger partial charge in [0.2, 0.25) is 0 Å². The van der Waals surface area contributed by atoms with E-state index in [1.165, 1.54) is 16.7 Å². The number of rotatable bonds is 5. The minimum absolute atomic E-state index is 0. The number of hydrogen-bond acceptors (Lipinski definition) is 3. The van der Waals surface area contributed by atoms with Crippen molar-refractivity contribution in [3.8, 4) is 11.5 Å². The van der Waals surface area contributed by atoms with Crippen molar-refractivity contribution in [3.05, 3.63) is 49.3 Å². The summed E-state index contributed by atoms with van der Waals surface area (Å²) in [5.74, 6) is 1.75. The van der Waals surface area contributed by atoms with Gasteiger partial charge in [-0.2, -0.15) is 0 Å². The molecule has 7 heteroatoms. The summed E-state index contributed by atoms with van der Waals surface area (Å²) in [7, 11) is 3.30. The van der Waals surface area contributed by atoms with E-state index in [1.54, 1.807) is 21.1 Å². The predicted octanol–water partition coefficient (Wildman–Crippen LogP) is 3.29. The normalized spacial score (nSPS) is 10.1. The number of ether oxygens (including phenoxy) is 2. The van der Waals surface area contributed by atoms with E-state index >= 15 is 0 Å². The molecule has 0 heterocycles. The van der Waals surface area contributed by atoms with Crippen molar-refractivity contribution in [1.82, 2.24) is 0 Å². The first-order valence-corrected chi connectivity index (χ1v) is 7.20. The molecule has 1 aromatic rings. The summed E-state index contributed by atoms with van der Waals surface area (Å²) in [6.45, 7) is 15.1. The Hall–Kier alpha value is -2.02. The van der Waals surface area contributed by atoms with Crippen LogP contribution in [0.5, 0.6) is 11.5 Å². The van der Waals surface area contributed by atoms with Gasteiger partial charge in [0.05, 0.1) is 14.2 Å². The molecule has 0 saturated heterocycles. The van der Waals surface area contributed by atoms with Crippen LogP contribution in [0.4, 0.5) is 0 Å². The maximum atomic E-state index is 11.2. The molecule has 1 aliphatic carbocycles. The Morgan fingerprint density at radius 3 is 2.00 bits per heavy atom. The zero-order valence-electron chi connectivity index (χ0n) is 14.9. The van der Waals surface area contributed by atoms with Crippen LogP contribution in [0.1, 0.15) is 37.3 Å². The molecular formula is C19H20CrO6. The number of ketones is 1. The van der Waals surface area contributed by atoms with E-state index in [9.17, 15) is 4.79 Å². The molecule has 2 rings (SSSR count). The molecule has 0 amide bonds. The zero-order valence-corrected chi connectivity index (χ0v) is 16.2. The van der Waals surface area contributed by atoms with Crippen molar-refractivity contribution < 1.29 is 45.6 Å². The van der Waals surface area contributed by atoms with E-state index in [4.69, 9.17) is 23.4 Å². The molecule has 0 fully saturated rings. The van der Waals surface area contributed by atoms with Gasteiger partial charge in [0.25, 0.3) is 0 Å². The minimum Gasteiger partial charge on any atom is 0 e. The van der Waals surface area contributed by atoms with Crippen LogP contribution < -0.4 is 9.47 Å². The number of allylic oxidation sites excluding steroid dienone is 2. The summed E-state index contributed by atoms with van der Waals surface area (Å²) < 4.78 is 33.2. The Balaban J connectivity index is -0.000000686. The third-order valence-corrected chi connectivity index (χ3v) is 3.51. The maximum absolute atomic E-state index is 11.2. The summed E-state index contributed by atoms with van der Waals surface area (Å²) in [5, 5.41) is 0. The SMILES string of the molecule is COc1cc2c(cc1OC)C(CCC(C)=O)=CCC2.[C-]#[O+].[C-]#[O+].[C-]#[O+].[Cr]. The Bertz CT molecular complexity index is 629. The van der Waals surface area contributed by atoms with Crippen molar-refractivity contribution >= 4 is 11.4 Å². The second-order valence-electron chi connectivity index (χ2n) is 4.83. The number of methoxy groups -OCH3 is 2. The van der Waals surface area contributed by atoms with Gasteiger partial charge in [0.1, 0.15) is 5.78 Å². The van der Waals surface area contributed by atoms with Gasteiger partial charge in [0.15, 0.2) is 11.5 Å². The molecule has 26 heavy (non-hydrogen) atoms. The average molecular weight is 396 g/mol. The number of Topliss-reactive ketones (excluding diaryl/α,β-unsaturated/α-hetero) is 1. The fourth-order valence-corrected chi connectivity index (χ4v) is 2.49. The van der Waals surface area contributed by atoms with Crippen molar-refractivity contribution in [1.29, 1.82) is 0 Å². The molecule has 0 bridgehead atoms. The molecule has 0 unspecified atom stereocenters. The Kier molecular flexibility index (Phi) is 19.7. The first-order chi connectivity index (χ1) is 12.2.